The third-order valence-electron chi connectivity index (χ3n) is 4.32. The lowest BCUT2D eigenvalue weighted by Crippen LogP contribution is -2.28. The molecule has 2 aromatic heterocycles. The zero-order valence-corrected chi connectivity index (χ0v) is 13.8. The Bertz CT molecular complexity index is 733. The summed E-state index contributed by atoms with van der Waals surface area (Å²) in [4.78, 5) is 12.2. The number of amides is 1. The summed E-state index contributed by atoms with van der Waals surface area (Å²) >= 11 is 0. The molecular weight excluding hydrogens is 316 g/mol. The Kier molecular flexibility index (Phi) is 4.64. The van der Waals surface area contributed by atoms with Crippen LogP contribution < -0.4 is 5.32 Å². The first-order chi connectivity index (χ1) is 11.5. The lowest BCUT2D eigenvalue weighted by Gasteiger charge is -2.08. The number of hydrogen-bond acceptors (Lipinski definition) is 3. The van der Waals surface area contributed by atoms with Gasteiger partial charge in [0.1, 0.15) is 12.2 Å². The van der Waals surface area contributed by atoms with Crippen LogP contribution in [0.15, 0.2) is 12.3 Å². The highest BCUT2D eigenvalue weighted by molar-refractivity contribution is 5.75. The second-order valence-corrected chi connectivity index (χ2v) is 6.07. The van der Waals surface area contributed by atoms with E-state index in [4.69, 9.17) is 0 Å². The molecule has 1 aliphatic rings. The Morgan fingerprint density at radius 1 is 1.42 bits per heavy atom. The molecule has 24 heavy (non-hydrogen) atoms. The predicted octanol–water partition coefficient (Wildman–Crippen LogP) is 2.54. The molecule has 0 aliphatic heterocycles. The molecule has 130 valence electrons. The van der Waals surface area contributed by atoms with Gasteiger partial charge in [0.15, 0.2) is 0 Å². The molecular formula is C16H21F2N5O. The number of alkyl halides is 2. The largest absolute Gasteiger partial charge is 0.350 e. The van der Waals surface area contributed by atoms with Gasteiger partial charge in [0, 0.05) is 36.0 Å². The van der Waals surface area contributed by atoms with Gasteiger partial charge in [0.2, 0.25) is 5.91 Å². The van der Waals surface area contributed by atoms with E-state index < -0.39 is 6.43 Å². The Morgan fingerprint density at radius 3 is 2.75 bits per heavy atom. The van der Waals surface area contributed by atoms with Crippen LogP contribution in [-0.4, -0.2) is 25.5 Å². The van der Waals surface area contributed by atoms with Crippen molar-refractivity contribution in [3.8, 4) is 0 Å². The van der Waals surface area contributed by atoms with E-state index >= 15 is 0 Å². The van der Waals surface area contributed by atoms with Crippen LogP contribution in [0.2, 0.25) is 0 Å². The maximum atomic E-state index is 12.8. The number of nitrogens with one attached hydrogen (secondary N) is 1. The first kappa shape index (κ1) is 16.6. The van der Waals surface area contributed by atoms with E-state index in [-0.39, 0.29) is 24.1 Å². The average Bonchev–Trinajstić information content (AvgIpc) is 3.21. The van der Waals surface area contributed by atoms with Crippen LogP contribution in [0.25, 0.3) is 0 Å². The molecule has 1 N–H and O–H groups in total. The van der Waals surface area contributed by atoms with Crippen LogP contribution in [0.3, 0.4) is 0 Å². The fraction of sp³-hybridized carbons (Fsp3) is 0.562. The van der Waals surface area contributed by atoms with Crippen LogP contribution in [0.4, 0.5) is 8.78 Å². The second kappa shape index (κ2) is 6.70. The molecule has 0 spiro atoms. The molecule has 2 heterocycles. The minimum absolute atomic E-state index is 0.0421. The van der Waals surface area contributed by atoms with E-state index in [1.165, 1.54) is 10.7 Å². The smallest absolute Gasteiger partial charge is 0.282 e. The van der Waals surface area contributed by atoms with Crippen LogP contribution in [0.1, 0.15) is 54.8 Å². The van der Waals surface area contributed by atoms with Gasteiger partial charge >= 0.3 is 0 Å². The van der Waals surface area contributed by atoms with Gasteiger partial charge in [-0.3, -0.25) is 14.2 Å². The number of carbonyl (C=O) groups is 1. The van der Waals surface area contributed by atoms with E-state index in [1.54, 1.807) is 6.20 Å². The Balaban J connectivity index is 1.63. The van der Waals surface area contributed by atoms with E-state index in [0.717, 1.165) is 36.3 Å². The Hall–Kier alpha value is -2.25. The lowest BCUT2D eigenvalue weighted by molar-refractivity contribution is -0.122. The highest BCUT2D eigenvalue weighted by Gasteiger charge is 2.30. The van der Waals surface area contributed by atoms with Crippen molar-refractivity contribution in [1.29, 1.82) is 0 Å². The minimum atomic E-state index is -2.62. The molecule has 1 fully saturated rings. The van der Waals surface area contributed by atoms with Crippen LogP contribution in [-0.2, 0) is 24.4 Å². The normalized spacial score (nSPS) is 14.4. The number of carbonyl (C=O) groups excluding carboxylic acids is 1. The van der Waals surface area contributed by atoms with Crippen molar-refractivity contribution >= 4 is 5.91 Å². The zero-order valence-electron chi connectivity index (χ0n) is 13.8. The van der Waals surface area contributed by atoms with Gasteiger partial charge in [-0.05, 0) is 32.8 Å². The molecule has 0 bridgehead atoms. The molecule has 0 atom stereocenters. The lowest BCUT2D eigenvalue weighted by atomic mass is 10.2. The summed E-state index contributed by atoms with van der Waals surface area (Å²) in [5, 5.41) is 10.9. The standard InChI is InChI=1S/C16H21F2N5O/c1-3-22-10(2)12(8-20-22)7-19-15(24)9-23-14(11-4-5-11)6-13(21-23)16(17)18/h6,8,11,16H,3-5,7,9H2,1-2H3,(H,19,24). The second-order valence-electron chi connectivity index (χ2n) is 6.07. The fourth-order valence-corrected chi connectivity index (χ4v) is 2.76. The van der Waals surface area contributed by atoms with Gasteiger partial charge in [-0.25, -0.2) is 8.78 Å². The molecule has 2 aromatic rings. The van der Waals surface area contributed by atoms with Gasteiger partial charge in [-0.15, -0.1) is 0 Å². The van der Waals surface area contributed by atoms with E-state index in [1.807, 2.05) is 18.5 Å². The van der Waals surface area contributed by atoms with Crippen molar-refractivity contribution in [3.05, 3.63) is 34.9 Å². The number of nitrogens with zero attached hydrogens (tertiary/aromatic N) is 4. The maximum absolute atomic E-state index is 12.8. The Labute approximate surface area is 138 Å². The van der Waals surface area contributed by atoms with E-state index in [2.05, 4.69) is 15.5 Å². The molecule has 0 unspecified atom stereocenters. The number of hydrogen-bond donors (Lipinski definition) is 1. The number of rotatable bonds is 7. The van der Waals surface area contributed by atoms with Crippen molar-refractivity contribution < 1.29 is 13.6 Å². The van der Waals surface area contributed by atoms with Gasteiger partial charge in [-0.1, -0.05) is 0 Å². The quantitative estimate of drug-likeness (QED) is 0.844. The first-order valence-electron chi connectivity index (χ1n) is 8.13. The molecule has 8 heteroatoms. The van der Waals surface area contributed by atoms with E-state index in [9.17, 15) is 13.6 Å². The number of aromatic nitrogens is 4. The van der Waals surface area contributed by atoms with Crippen LogP contribution >= 0.6 is 0 Å². The van der Waals surface area contributed by atoms with Gasteiger partial charge in [0.05, 0.1) is 6.20 Å². The predicted molar refractivity (Wildman–Crippen MR) is 83.6 cm³/mol. The summed E-state index contributed by atoms with van der Waals surface area (Å²) in [6.07, 6.45) is 1.04. The third kappa shape index (κ3) is 3.47. The summed E-state index contributed by atoms with van der Waals surface area (Å²) in [7, 11) is 0. The highest BCUT2D eigenvalue weighted by Crippen LogP contribution is 2.41. The Morgan fingerprint density at radius 2 is 2.17 bits per heavy atom. The summed E-state index contributed by atoms with van der Waals surface area (Å²) < 4.78 is 29.0. The van der Waals surface area contributed by atoms with Crippen molar-refractivity contribution in [2.75, 3.05) is 0 Å². The summed E-state index contributed by atoms with van der Waals surface area (Å²) in [5.41, 5.74) is 2.43. The van der Waals surface area contributed by atoms with Gasteiger partial charge in [-0.2, -0.15) is 10.2 Å². The number of aryl methyl sites for hydroxylation is 1. The molecule has 1 aliphatic carbocycles. The summed E-state index contributed by atoms with van der Waals surface area (Å²) in [6.45, 7) is 5.05. The van der Waals surface area contributed by atoms with Gasteiger partial charge < -0.3 is 5.32 Å². The van der Waals surface area contributed by atoms with Crippen molar-refractivity contribution in [3.63, 3.8) is 0 Å². The topological polar surface area (TPSA) is 64.7 Å². The average molecular weight is 337 g/mol. The van der Waals surface area contributed by atoms with Crippen LogP contribution in [0, 0.1) is 6.92 Å². The SMILES string of the molecule is CCn1ncc(CNC(=O)Cn2nc(C(F)F)cc2C2CC2)c1C. The number of halogens is 2. The van der Waals surface area contributed by atoms with Crippen LogP contribution in [0.5, 0.6) is 0 Å². The molecule has 0 radical (unpaired) electrons. The third-order valence-corrected chi connectivity index (χ3v) is 4.32. The van der Waals surface area contributed by atoms with Crippen molar-refractivity contribution in [1.82, 2.24) is 24.9 Å². The molecule has 1 saturated carbocycles. The summed E-state index contributed by atoms with van der Waals surface area (Å²) in [6, 6.07) is 1.42. The van der Waals surface area contributed by atoms with Crippen molar-refractivity contribution in [2.24, 2.45) is 0 Å². The molecule has 6 nitrogen and oxygen atoms in total. The highest BCUT2D eigenvalue weighted by atomic mass is 19.3. The fourth-order valence-electron chi connectivity index (χ4n) is 2.76. The molecule has 0 aromatic carbocycles. The van der Waals surface area contributed by atoms with Crippen molar-refractivity contribution in [2.45, 2.75) is 58.7 Å². The van der Waals surface area contributed by atoms with Gasteiger partial charge in [0.25, 0.3) is 6.43 Å². The first-order valence-corrected chi connectivity index (χ1v) is 8.13. The molecule has 1 amide bonds. The zero-order chi connectivity index (χ0) is 17.3. The maximum Gasteiger partial charge on any atom is 0.282 e. The monoisotopic (exact) mass is 337 g/mol. The summed E-state index contributed by atoms with van der Waals surface area (Å²) in [5.74, 6) is 0.00675. The molecule has 0 saturated heterocycles. The minimum Gasteiger partial charge on any atom is -0.350 e. The molecule has 3 rings (SSSR count). The van der Waals surface area contributed by atoms with E-state index in [0.29, 0.717) is 6.54 Å².